The first kappa shape index (κ1) is 18.0. The Labute approximate surface area is 161 Å². The van der Waals surface area contributed by atoms with Crippen molar-refractivity contribution < 1.29 is 4.74 Å². The van der Waals surface area contributed by atoms with E-state index in [4.69, 9.17) is 10.5 Å². The predicted octanol–water partition coefficient (Wildman–Crippen LogP) is 3.11. The summed E-state index contributed by atoms with van der Waals surface area (Å²) in [5.74, 6) is 8.01. The molecule has 2 aromatic rings. The molecule has 1 aromatic carbocycles. The minimum Gasteiger partial charge on any atom is -0.384 e. The molecule has 0 aliphatic carbocycles. The number of pyridine rings is 1. The number of hydrogen-bond acceptors (Lipinski definition) is 4. The Morgan fingerprint density at radius 1 is 1.19 bits per heavy atom. The van der Waals surface area contributed by atoms with Gasteiger partial charge in [0.25, 0.3) is 0 Å². The molecule has 4 heterocycles. The summed E-state index contributed by atoms with van der Waals surface area (Å²) in [6.07, 6.45) is 3.07. The maximum absolute atomic E-state index is 6.25. The summed E-state index contributed by atoms with van der Waals surface area (Å²) in [7, 11) is 0. The second kappa shape index (κ2) is 7.72. The van der Waals surface area contributed by atoms with E-state index < -0.39 is 0 Å². The quantitative estimate of drug-likeness (QED) is 0.850. The van der Waals surface area contributed by atoms with Crippen molar-refractivity contribution in [1.82, 2.24) is 9.88 Å². The molecule has 0 amide bonds. The Bertz CT molecular complexity index is 847. The number of ether oxygens (including phenoxy) is 1. The zero-order chi connectivity index (χ0) is 18.7. The van der Waals surface area contributed by atoms with E-state index in [1.54, 1.807) is 0 Å². The smallest absolute Gasteiger partial charge is 0.144 e. The normalized spacial score (nSPS) is 26.4. The molecule has 3 saturated heterocycles. The average Bonchev–Trinajstić information content (AvgIpc) is 2.69. The van der Waals surface area contributed by atoms with Crippen LogP contribution in [0.4, 0.5) is 5.82 Å². The number of nitrogen functional groups attached to an aromatic ring is 1. The molecule has 1 atom stereocenters. The molecule has 1 aromatic heterocycles. The van der Waals surface area contributed by atoms with E-state index >= 15 is 0 Å². The molecule has 3 fully saturated rings. The van der Waals surface area contributed by atoms with Gasteiger partial charge in [0.15, 0.2) is 0 Å². The minimum atomic E-state index is -0.351. The van der Waals surface area contributed by atoms with Gasteiger partial charge >= 0.3 is 0 Å². The first-order valence-corrected chi connectivity index (χ1v) is 9.87. The molecular formula is C23H27N3O. The molecule has 0 unspecified atom stereocenters. The number of hydrogen-bond donors (Lipinski definition) is 1. The van der Waals surface area contributed by atoms with Crippen LogP contribution in [0.3, 0.4) is 0 Å². The van der Waals surface area contributed by atoms with Crippen molar-refractivity contribution >= 4 is 5.82 Å². The molecule has 2 bridgehead atoms. The summed E-state index contributed by atoms with van der Waals surface area (Å²) in [4.78, 5) is 7.06. The van der Waals surface area contributed by atoms with Crippen LogP contribution in [0.15, 0.2) is 42.5 Å². The van der Waals surface area contributed by atoms with Gasteiger partial charge in [0.1, 0.15) is 11.4 Å². The van der Waals surface area contributed by atoms with Crippen molar-refractivity contribution in [3.05, 3.63) is 59.3 Å². The Balaban J connectivity index is 1.66. The van der Waals surface area contributed by atoms with Gasteiger partial charge in [0.2, 0.25) is 0 Å². The fourth-order valence-corrected chi connectivity index (χ4v) is 4.35. The SMILES string of the molecule is CCO[C@]1(C#Cc2ccc(N)nc2Cc2ccccc2)CN2CCC1CC2. The van der Waals surface area contributed by atoms with Crippen molar-refractivity contribution in [3.63, 3.8) is 0 Å². The van der Waals surface area contributed by atoms with Gasteiger partial charge in [-0.15, -0.1) is 0 Å². The first-order chi connectivity index (χ1) is 13.2. The van der Waals surface area contributed by atoms with Gasteiger partial charge in [-0.3, -0.25) is 4.90 Å². The average molecular weight is 361 g/mol. The minimum absolute atomic E-state index is 0.351. The molecule has 2 N–H and O–H groups in total. The van der Waals surface area contributed by atoms with Gasteiger partial charge in [0, 0.05) is 31.1 Å². The number of anilines is 1. The molecule has 5 rings (SSSR count). The maximum atomic E-state index is 6.25. The lowest BCUT2D eigenvalue weighted by molar-refractivity contribution is -0.112. The standard InChI is InChI=1S/C23H27N3O/c1-2-27-23(17-26-14-11-20(23)12-15-26)13-10-19-8-9-22(24)25-21(19)16-18-6-4-3-5-7-18/h3-9,20H,2,11-12,14-17H2,1H3,(H2,24,25)/t23-/m1/s1. The highest BCUT2D eigenvalue weighted by Gasteiger charge is 2.46. The van der Waals surface area contributed by atoms with Crippen molar-refractivity contribution in [3.8, 4) is 11.8 Å². The van der Waals surface area contributed by atoms with Gasteiger partial charge in [-0.2, -0.15) is 0 Å². The molecule has 3 aliphatic rings. The third kappa shape index (κ3) is 3.85. The molecule has 0 saturated carbocycles. The fourth-order valence-electron chi connectivity index (χ4n) is 4.35. The van der Waals surface area contributed by atoms with Crippen LogP contribution >= 0.6 is 0 Å². The number of benzene rings is 1. The van der Waals surface area contributed by atoms with Crippen LogP contribution in [0.1, 0.15) is 36.6 Å². The number of nitrogens with zero attached hydrogens (tertiary/aromatic N) is 2. The van der Waals surface area contributed by atoms with Crippen molar-refractivity contribution in [2.75, 3.05) is 32.0 Å². The second-order valence-electron chi connectivity index (χ2n) is 7.52. The number of piperidine rings is 3. The predicted molar refractivity (Wildman–Crippen MR) is 108 cm³/mol. The van der Waals surface area contributed by atoms with Gasteiger partial charge in [-0.05, 0) is 50.6 Å². The van der Waals surface area contributed by atoms with Crippen LogP contribution in [0, 0.1) is 17.8 Å². The van der Waals surface area contributed by atoms with Crippen molar-refractivity contribution in [2.45, 2.75) is 31.8 Å². The number of fused-ring (bicyclic) bond motifs is 3. The van der Waals surface area contributed by atoms with Gasteiger partial charge in [-0.1, -0.05) is 42.2 Å². The number of rotatable bonds is 4. The van der Waals surface area contributed by atoms with E-state index in [-0.39, 0.29) is 5.60 Å². The lowest BCUT2D eigenvalue weighted by Crippen LogP contribution is -2.59. The molecule has 4 heteroatoms. The van der Waals surface area contributed by atoms with E-state index in [1.165, 1.54) is 31.5 Å². The zero-order valence-corrected chi connectivity index (χ0v) is 15.9. The molecule has 3 aliphatic heterocycles. The Kier molecular flexibility index (Phi) is 5.15. The first-order valence-electron chi connectivity index (χ1n) is 9.87. The molecule has 0 radical (unpaired) electrons. The van der Waals surface area contributed by atoms with Crippen molar-refractivity contribution in [1.29, 1.82) is 0 Å². The zero-order valence-electron chi connectivity index (χ0n) is 15.9. The molecule has 27 heavy (non-hydrogen) atoms. The van der Waals surface area contributed by atoms with Crippen LogP contribution in [0.5, 0.6) is 0 Å². The third-order valence-electron chi connectivity index (χ3n) is 5.73. The van der Waals surface area contributed by atoms with Crippen LogP contribution in [0.25, 0.3) is 0 Å². The Hall–Kier alpha value is -2.35. The highest BCUT2D eigenvalue weighted by Crippen LogP contribution is 2.38. The van der Waals surface area contributed by atoms with Crippen LogP contribution in [0.2, 0.25) is 0 Å². The summed E-state index contributed by atoms with van der Waals surface area (Å²) < 4.78 is 6.25. The monoisotopic (exact) mass is 361 g/mol. The molecule has 140 valence electrons. The van der Waals surface area contributed by atoms with Gasteiger partial charge in [-0.25, -0.2) is 4.98 Å². The topological polar surface area (TPSA) is 51.4 Å². The Morgan fingerprint density at radius 3 is 2.63 bits per heavy atom. The van der Waals surface area contributed by atoms with Gasteiger partial charge in [0.05, 0.1) is 5.69 Å². The molecule has 4 nitrogen and oxygen atoms in total. The van der Waals surface area contributed by atoms with Gasteiger partial charge < -0.3 is 10.5 Å². The lowest BCUT2D eigenvalue weighted by atomic mass is 9.75. The summed E-state index contributed by atoms with van der Waals surface area (Å²) in [6.45, 7) is 6.01. The fraction of sp³-hybridized carbons (Fsp3) is 0.435. The maximum Gasteiger partial charge on any atom is 0.144 e. The summed E-state index contributed by atoms with van der Waals surface area (Å²) in [5, 5.41) is 0. The number of aromatic nitrogens is 1. The highest BCUT2D eigenvalue weighted by atomic mass is 16.5. The lowest BCUT2D eigenvalue weighted by Gasteiger charge is -2.50. The summed E-state index contributed by atoms with van der Waals surface area (Å²) in [6, 6.07) is 14.2. The van der Waals surface area contributed by atoms with E-state index in [1.807, 2.05) is 30.3 Å². The third-order valence-corrected chi connectivity index (χ3v) is 5.73. The Morgan fingerprint density at radius 2 is 1.96 bits per heavy atom. The second-order valence-corrected chi connectivity index (χ2v) is 7.52. The van der Waals surface area contributed by atoms with E-state index in [2.05, 4.69) is 40.8 Å². The highest BCUT2D eigenvalue weighted by molar-refractivity contribution is 5.46. The van der Waals surface area contributed by atoms with Crippen LogP contribution in [-0.2, 0) is 11.2 Å². The van der Waals surface area contributed by atoms with Crippen molar-refractivity contribution in [2.24, 2.45) is 5.92 Å². The number of nitrogens with two attached hydrogens (primary N) is 1. The van der Waals surface area contributed by atoms with Crippen LogP contribution in [-0.4, -0.2) is 41.7 Å². The summed E-state index contributed by atoms with van der Waals surface area (Å²) in [5.41, 5.74) is 8.69. The van der Waals surface area contributed by atoms with E-state index in [0.717, 1.165) is 24.2 Å². The largest absolute Gasteiger partial charge is 0.384 e. The summed E-state index contributed by atoms with van der Waals surface area (Å²) >= 11 is 0. The van der Waals surface area contributed by atoms with E-state index in [9.17, 15) is 0 Å². The molecular weight excluding hydrogens is 334 g/mol. The van der Waals surface area contributed by atoms with E-state index in [0.29, 0.717) is 18.3 Å². The molecule has 0 spiro atoms. The van der Waals surface area contributed by atoms with Crippen LogP contribution < -0.4 is 5.73 Å².